The molecule has 0 spiro atoms. The van der Waals surface area contributed by atoms with Gasteiger partial charge in [-0.15, -0.1) is 0 Å². The van der Waals surface area contributed by atoms with Gasteiger partial charge in [-0.2, -0.15) is 0 Å². The van der Waals surface area contributed by atoms with Crippen LogP contribution in [-0.4, -0.2) is 6.47 Å². The van der Waals surface area contributed by atoms with Crippen LogP contribution >= 0.6 is 0 Å². The SMILES string of the molecule is Cc1cc(CO[C]=O)ccc1F. The lowest BCUT2D eigenvalue weighted by atomic mass is 10.1. The Morgan fingerprint density at radius 3 is 2.92 bits per heavy atom. The predicted molar refractivity (Wildman–Crippen MR) is 41.6 cm³/mol. The molecule has 1 radical (unpaired) electrons. The molecule has 0 atom stereocenters. The molecule has 0 saturated heterocycles. The fraction of sp³-hybridized carbons (Fsp3) is 0.222. The van der Waals surface area contributed by atoms with E-state index in [9.17, 15) is 9.18 Å². The van der Waals surface area contributed by atoms with E-state index in [-0.39, 0.29) is 12.4 Å². The van der Waals surface area contributed by atoms with Crippen molar-refractivity contribution in [2.45, 2.75) is 13.5 Å². The molecule has 3 heteroatoms. The van der Waals surface area contributed by atoms with Gasteiger partial charge in [0.1, 0.15) is 12.4 Å². The number of carbonyl (C=O) groups excluding carboxylic acids is 1. The zero-order valence-electron chi connectivity index (χ0n) is 6.63. The van der Waals surface area contributed by atoms with Crippen LogP contribution < -0.4 is 0 Å². The molecule has 0 fully saturated rings. The highest BCUT2D eigenvalue weighted by Gasteiger charge is 1.98. The molecule has 0 bridgehead atoms. The normalized spacial score (nSPS) is 9.50. The molecule has 0 heterocycles. The lowest BCUT2D eigenvalue weighted by Gasteiger charge is -2.00. The van der Waals surface area contributed by atoms with E-state index in [0.29, 0.717) is 5.56 Å². The van der Waals surface area contributed by atoms with Gasteiger partial charge in [-0.3, -0.25) is 0 Å². The predicted octanol–water partition coefficient (Wildman–Crippen LogP) is 1.72. The van der Waals surface area contributed by atoms with E-state index < -0.39 is 0 Å². The van der Waals surface area contributed by atoms with Gasteiger partial charge in [-0.05, 0) is 30.2 Å². The Kier molecular flexibility index (Phi) is 2.80. The summed E-state index contributed by atoms with van der Waals surface area (Å²) in [5.41, 5.74) is 1.30. The molecule has 0 aromatic heterocycles. The van der Waals surface area contributed by atoms with Gasteiger partial charge in [0, 0.05) is 0 Å². The van der Waals surface area contributed by atoms with E-state index in [1.54, 1.807) is 19.1 Å². The smallest absolute Gasteiger partial charge is 0.417 e. The van der Waals surface area contributed by atoms with Crippen molar-refractivity contribution < 1.29 is 13.9 Å². The Morgan fingerprint density at radius 1 is 1.58 bits per heavy atom. The van der Waals surface area contributed by atoms with Gasteiger partial charge in [0.25, 0.3) is 0 Å². The number of rotatable bonds is 3. The van der Waals surface area contributed by atoms with E-state index >= 15 is 0 Å². The quantitative estimate of drug-likeness (QED) is 0.685. The van der Waals surface area contributed by atoms with Gasteiger partial charge in [0.2, 0.25) is 0 Å². The van der Waals surface area contributed by atoms with Crippen molar-refractivity contribution in [3.8, 4) is 0 Å². The van der Waals surface area contributed by atoms with E-state index in [4.69, 9.17) is 0 Å². The summed E-state index contributed by atoms with van der Waals surface area (Å²) < 4.78 is 17.1. The standard InChI is InChI=1S/C9H8FO2/c1-7-4-8(5-12-6-11)2-3-9(7)10/h2-4H,5H2,1H3. The van der Waals surface area contributed by atoms with Crippen LogP contribution in [0.25, 0.3) is 0 Å². The summed E-state index contributed by atoms with van der Waals surface area (Å²) >= 11 is 0. The first-order valence-electron chi connectivity index (χ1n) is 3.48. The molecule has 0 amide bonds. The van der Waals surface area contributed by atoms with Gasteiger partial charge in [-0.1, -0.05) is 6.07 Å². The number of benzene rings is 1. The number of halogens is 1. The van der Waals surface area contributed by atoms with Crippen molar-refractivity contribution >= 4 is 6.47 Å². The largest absolute Gasteiger partial charge is 0.452 e. The van der Waals surface area contributed by atoms with Crippen molar-refractivity contribution in [3.63, 3.8) is 0 Å². The van der Waals surface area contributed by atoms with Crippen LogP contribution in [0.5, 0.6) is 0 Å². The molecular formula is C9H8FO2. The van der Waals surface area contributed by atoms with Crippen molar-refractivity contribution in [2.75, 3.05) is 0 Å². The lowest BCUT2D eigenvalue weighted by Crippen LogP contribution is -1.92. The third-order valence-electron chi connectivity index (χ3n) is 1.52. The number of ether oxygens (including phenoxy) is 1. The highest BCUT2D eigenvalue weighted by atomic mass is 19.1. The van der Waals surface area contributed by atoms with Crippen molar-refractivity contribution in [2.24, 2.45) is 0 Å². The van der Waals surface area contributed by atoms with Gasteiger partial charge in [0.05, 0.1) is 0 Å². The van der Waals surface area contributed by atoms with Crippen LogP contribution in [0.1, 0.15) is 11.1 Å². The fourth-order valence-electron chi connectivity index (χ4n) is 0.909. The summed E-state index contributed by atoms with van der Waals surface area (Å²) in [6, 6.07) is 4.55. The van der Waals surface area contributed by atoms with Crippen LogP contribution in [0.2, 0.25) is 0 Å². The molecule has 0 aliphatic carbocycles. The molecule has 1 rings (SSSR count). The summed E-state index contributed by atoms with van der Waals surface area (Å²) in [5.74, 6) is -0.256. The summed E-state index contributed by atoms with van der Waals surface area (Å²) in [6.45, 7) is 3.11. The molecule has 0 aliphatic rings. The molecule has 0 saturated carbocycles. The average Bonchev–Trinajstić information content (AvgIpc) is 2.07. The van der Waals surface area contributed by atoms with E-state index in [2.05, 4.69) is 4.74 Å². The summed E-state index contributed by atoms with van der Waals surface area (Å²) in [4.78, 5) is 9.71. The Bertz CT molecular complexity index is 284. The highest BCUT2D eigenvalue weighted by Crippen LogP contribution is 2.09. The summed E-state index contributed by atoms with van der Waals surface area (Å²) in [5, 5.41) is 0. The second kappa shape index (κ2) is 3.85. The monoisotopic (exact) mass is 167 g/mol. The second-order valence-electron chi connectivity index (χ2n) is 2.46. The lowest BCUT2D eigenvalue weighted by molar-refractivity contribution is 0.267. The zero-order valence-corrected chi connectivity index (χ0v) is 6.63. The first kappa shape index (κ1) is 8.71. The molecule has 0 N–H and O–H groups in total. The maximum absolute atomic E-state index is 12.7. The Balaban J connectivity index is 2.75. The van der Waals surface area contributed by atoms with Crippen LogP contribution in [-0.2, 0) is 16.1 Å². The minimum Gasteiger partial charge on any atom is -0.452 e. The third-order valence-corrected chi connectivity index (χ3v) is 1.52. The molecule has 63 valence electrons. The molecule has 12 heavy (non-hydrogen) atoms. The van der Waals surface area contributed by atoms with Gasteiger partial charge in [-0.25, -0.2) is 9.18 Å². The zero-order chi connectivity index (χ0) is 8.97. The molecule has 1 aromatic carbocycles. The average molecular weight is 167 g/mol. The topological polar surface area (TPSA) is 26.3 Å². The van der Waals surface area contributed by atoms with Gasteiger partial charge in [0.15, 0.2) is 0 Å². The summed E-state index contributed by atoms with van der Waals surface area (Å²) in [7, 11) is 0. The van der Waals surface area contributed by atoms with Gasteiger partial charge >= 0.3 is 6.47 Å². The molecule has 0 unspecified atom stereocenters. The van der Waals surface area contributed by atoms with Crippen molar-refractivity contribution in [1.29, 1.82) is 0 Å². The number of aryl methyl sites for hydroxylation is 1. The van der Waals surface area contributed by atoms with Crippen LogP contribution in [0.15, 0.2) is 18.2 Å². The van der Waals surface area contributed by atoms with Crippen molar-refractivity contribution in [3.05, 3.63) is 35.1 Å². The molecule has 2 nitrogen and oxygen atoms in total. The van der Waals surface area contributed by atoms with Crippen LogP contribution in [0, 0.1) is 12.7 Å². The first-order chi connectivity index (χ1) is 5.74. The Labute approximate surface area is 70.0 Å². The summed E-state index contributed by atoms with van der Waals surface area (Å²) in [6.07, 6.45) is 0. The Hall–Kier alpha value is -1.38. The highest BCUT2D eigenvalue weighted by molar-refractivity contribution is 5.38. The van der Waals surface area contributed by atoms with E-state index in [1.807, 2.05) is 0 Å². The fourth-order valence-corrected chi connectivity index (χ4v) is 0.909. The second-order valence-corrected chi connectivity index (χ2v) is 2.46. The van der Waals surface area contributed by atoms with Crippen LogP contribution in [0.3, 0.4) is 0 Å². The Morgan fingerprint density at radius 2 is 2.33 bits per heavy atom. The first-order valence-corrected chi connectivity index (χ1v) is 3.48. The molecule has 1 aromatic rings. The number of hydrogen-bond donors (Lipinski definition) is 0. The van der Waals surface area contributed by atoms with Crippen LogP contribution in [0.4, 0.5) is 4.39 Å². The maximum Gasteiger partial charge on any atom is 0.417 e. The molecule has 0 aliphatic heterocycles. The minimum absolute atomic E-state index is 0.143. The maximum atomic E-state index is 12.7. The van der Waals surface area contributed by atoms with Crippen molar-refractivity contribution in [1.82, 2.24) is 0 Å². The minimum atomic E-state index is -0.256. The van der Waals surface area contributed by atoms with E-state index in [0.717, 1.165) is 5.56 Å². The molecular weight excluding hydrogens is 159 g/mol. The van der Waals surface area contributed by atoms with Gasteiger partial charge < -0.3 is 4.74 Å². The number of hydrogen-bond acceptors (Lipinski definition) is 2. The van der Waals surface area contributed by atoms with E-state index in [1.165, 1.54) is 12.5 Å². The third kappa shape index (κ3) is 2.05.